The van der Waals surface area contributed by atoms with Crippen LogP contribution in [0.15, 0.2) is 18.2 Å². The molecule has 0 radical (unpaired) electrons. The molecule has 2 nitrogen and oxygen atoms in total. The van der Waals surface area contributed by atoms with Crippen LogP contribution < -0.4 is 4.90 Å². The summed E-state index contributed by atoms with van der Waals surface area (Å²) in [6.07, 6.45) is 4.06. The van der Waals surface area contributed by atoms with Gasteiger partial charge in [0, 0.05) is 23.8 Å². The number of hydrogen-bond acceptors (Lipinski definition) is 2. The number of aliphatic hydroxyl groups is 1. The lowest BCUT2D eigenvalue weighted by atomic mass is 10.0. The zero-order valence-corrected chi connectivity index (χ0v) is 12.8. The summed E-state index contributed by atoms with van der Waals surface area (Å²) in [4.78, 5) is 2.32. The number of aliphatic hydroxyl groups excluding tert-OH is 1. The van der Waals surface area contributed by atoms with E-state index in [0.29, 0.717) is 17.5 Å². The highest BCUT2D eigenvalue weighted by Crippen LogP contribution is 2.34. The Hall–Kier alpha value is -1.09. The summed E-state index contributed by atoms with van der Waals surface area (Å²) in [5.41, 5.74) is 1.32. The van der Waals surface area contributed by atoms with Gasteiger partial charge in [-0.05, 0) is 37.8 Å². The molecule has 20 heavy (non-hydrogen) atoms. The second-order valence-corrected chi connectivity index (χ2v) is 6.33. The molecule has 1 unspecified atom stereocenters. The van der Waals surface area contributed by atoms with Gasteiger partial charge in [0.1, 0.15) is 5.82 Å². The van der Waals surface area contributed by atoms with Crippen LogP contribution in [-0.2, 0) is 0 Å². The van der Waals surface area contributed by atoms with Crippen LogP contribution in [0.3, 0.4) is 0 Å². The Morgan fingerprint density at radius 1 is 1.25 bits per heavy atom. The monoisotopic (exact) mass is 279 g/mol. The van der Waals surface area contributed by atoms with E-state index in [4.69, 9.17) is 0 Å². The molecule has 0 saturated heterocycles. The third-order valence-electron chi connectivity index (χ3n) is 4.08. The molecule has 0 amide bonds. The molecule has 0 spiro atoms. The highest BCUT2D eigenvalue weighted by molar-refractivity contribution is 5.56. The minimum atomic E-state index is -0.776. The van der Waals surface area contributed by atoms with Crippen LogP contribution in [-0.4, -0.2) is 17.7 Å². The van der Waals surface area contributed by atoms with E-state index in [1.165, 1.54) is 31.7 Å². The van der Waals surface area contributed by atoms with Crippen LogP contribution in [0.4, 0.5) is 10.1 Å². The van der Waals surface area contributed by atoms with E-state index in [1.807, 2.05) is 6.07 Å². The van der Waals surface area contributed by atoms with Gasteiger partial charge in [-0.3, -0.25) is 0 Å². The van der Waals surface area contributed by atoms with Crippen molar-refractivity contribution in [3.05, 3.63) is 29.6 Å². The Bertz CT molecular complexity index is 439. The second-order valence-electron chi connectivity index (χ2n) is 6.33. The minimum Gasteiger partial charge on any atom is -0.389 e. The summed E-state index contributed by atoms with van der Waals surface area (Å²) in [6.45, 7) is 6.92. The number of rotatable bonds is 5. The van der Waals surface area contributed by atoms with Gasteiger partial charge in [0.2, 0.25) is 0 Å². The Morgan fingerprint density at radius 3 is 2.45 bits per heavy atom. The SMILES string of the molecule is CC(C)CN(c1cccc(F)c1C(C)O)C1CCCC1. The average Bonchev–Trinajstić information content (AvgIpc) is 2.88. The zero-order chi connectivity index (χ0) is 14.7. The van der Waals surface area contributed by atoms with Gasteiger partial charge in [-0.2, -0.15) is 0 Å². The fraction of sp³-hybridized carbons (Fsp3) is 0.647. The van der Waals surface area contributed by atoms with Crippen LogP contribution in [0.25, 0.3) is 0 Å². The van der Waals surface area contributed by atoms with E-state index in [9.17, 15) is 9.50 Å². The number of anilines is 1. The minimum absolute atomic E-state index is 0.302. The van der Waals surface area contributed by atoms with Crippen LogP contribution in [0.5, 0.6) is 0 Å². The van der Waals surface area contributed by atoms with Crippen LogP contribution in [0, 0.1) is 11.7 Å². The van der Waals surface area contributed by atoms with E-state index < -0.39 is 6.10 Å². The van der Waals surface area contributed by atoms with Gasteiger partial charge in [-0.1, -0.05) is 32.8 Å². The summed E-state index contributed by atoms with van der Waals surface area (Å²) in [6, 6.07) is 5.62. The molecule has 0 heterocycles. The molecule has 0 aliphatic heterocycles. The maximum Gasteiger partial charge on any atom is 0.131 e. The number of benzene rings is 1. The first-order valence-corrected chi connectivity index (χ1v) is 7.73. The van der Waals surface area contributed by atoms with Crippen molar-refractivity contribution in [1.29, 1.82) is 0 Å². The maximum absolute atomic E-state index is 14.1. The normalized spacial score (nSPS) is 17.7. The molecule has 1 aromatic rings. The van der Waals surface area contributed by atoms with Gasteiger partial charge in [0.05, 0.1) is 6.10 Å². The van der Waals surface area contributed by atoms with Crippen LogP contribution in [0.1, 0.15) is 58.1 Å². The van der Waals surface area contributed by atoms with Crippen molar-refractivity contribution in [3.8, 4) is 0 Å². The van der Waals surface area contributed by atoms with Crippen molar-refractivity contribution >= 4 is 5.69 Å². The largest absolute Gasteiger partial charge is 0.389 e. The number of hydrogen-bond donors (Lipinski definition) is 1. The second kappa shape index (κ2) is 6.57. The third kappa shape index (κ3) is 3.32. The molecular formula is C17H26FNO. The van der Waals surface area contributed by atoms with Crippen LogP contribution in [0.2, 0.25) is 0 Å². The molecule has 1 N–H and O–H groups in total. The lowest BCUT2D eigenvalue weighted by Gasteiger charge is -2.35. The summed E-state index contributed by atoms with van der Waals surface area (Å²) < 4.78 is 14.1. The van der Waals surface area contributed by atoms with Crippen molar-refractivity contribution in [3.63, 3.8) is 0 Å². The Balaban J connectivity index is 2.39. The highest BCUT2D eigenvalue weighted by Gasteiger charge is 2.27. The topological polar surface area (TPSA) is 23.5 Å². The molecule has 1 fully saturated rings. The molecule has 1 aliphatic carbocycles. The number of halogens is 1. The molecule has 1 aliphatic rings. The van der Waals surface area contributed by atoms with Gasteiger partial charge < -0.3 is 10.0 Å². The van der Waals surface area contributed by atoms with E-state index >= 15 is 0 Å². The molecule has 1 aromatic carbocycles. The number of nitrogens with zero attached hydrogens (tertiary/aromatic N) is 1. The zero-order valence-electron chi connectivity index (χ0n) is 12.8. The first-order valence-electron chi connectivity index (χ1n) is 7.73. The van der Waals surface area contributed by atoms with Crippen molar-refractivity contribution in [2.24, 2.45) is 5.92 Å². The Morgan fingerprint density at radius 2 is 1.90 bits per heavy atom. The quantitative estimate of drug-likeness (QED) is 0.869. The summed E-state index contributed by atoms with van der Waals surface area (Å²) in [7, 11) is 0. The van der Waals surface area contributed by atoms with Gasteiger partial charge >= 0.3 is 0 Å². The highest BCUT2D eigenvalue weighted by atomic mass is 19.1. The van der Waals surface area contributed by atoms with Crippen molar-refractivity contribution < 1.29 is 9.50 Å². The molecule has 0 aromatic heterocycles. The van der Waals surface area contributed by atoms with Crippen molar-refractivity contribution in [2.45, 2.75) is 58.6 Å². The lowest BCUT2D eigenvalue weighted by molar-refractivity contribution is 0.194. The summed E-state index contributed by atoms with van der Waals surface area (Å²) in [5, 5.41) is 9.94. The molecule has 3 heteroatoms. The molecule has 0 bridgehead atoms. The first-order chi connectivity index (χ1) is 9.50. The fourth-order valence-corrected chi connectivity index (χ4v) is 3.24. The van der Waals surface area contributed by atoms with Gasteiger partial charge in [-0.15, -0.1) is 0 Å². The predicted molar refractivity (Wildman–Crippen MR) is 81.5 cm³/mol. The Kier molecular flexibility index (Phi) is 5.03. The maximum atomic E-state index is 14.1. The summed E-state index contributed by atoms with van der Waals surface area (Å²) in [5.74, 6) is 0.213. The van der Waals surface area contributed by atoms with Gasteiger partial charge in [-0.25, -0.2) is 4.39 Å². The van der Waals surface area contributed by atoms with Gasteiger partial charge in [0.15, 0.2) is 0 Å². The standard InChI is InChI=1S/C17H26FNO/c1-12(2)11-19(14-7-4-5-8-14)16-10-6-9-15(18)17(16)13(3)20/h6,9-10,12-14,20H,4-5,7-8,11H2,1-3H3. The molecular weight excluding hydrogens is 253 g/mol. The van der Waals surface area contributed by atoms with E-state index in [-0.39, 0.29) is 5.82 Å². The fourth-order valence-electron chi connectivity index (χ4n) is 3.24. The average molecular weight is 279 g/mol. The van der Waals surface area contributed by atoms with Crippen molar-refractivity contribution in [2.75, 3.05) is 11.4 Å². The van der Waals surface area contributed by atoms with E-state index in [2.05, 4.69) is 18.7 Å². The van der Waals surface area contributed by atoms with Crippen molar-refractivity contribution in [1.82, 2.24) is 0 Å². The molecule has 2 rings (SSSR count). The first kappa shape index (κ1) is 15.3. The predicted octanol–water partition coefficient (Wildman–Crippen LogP) is 4.28. The third-order valence-corrected chi connectivity index (χ3v) is 4.08. The smallest absolute Gasteiger partial charge is 0.131 e. The molecule has 1 atom stereocenters. The summed E-state index contributed by atoms with van der Waals surface area (Å²) >= 11 is 0. The lowest BCUT2D eigenvalue weighted by Crippen LogP contribution is -2.37. The van der Waals surface area contributed by atoms with E-state index in [0.717, 1.165) is 12.2 Å². The van der Waals surface area contributed by atoms with Gasteiger partial charge in [0.25, 0.3) is 0 Å². The molecule has 1 saturated carbocycles. The van der Waals surface area contributed by atoms with E-state index in [1.54, 1.807) is 13.0 Å². The molecule has 112 valence electrons. The van der Waals surface area contributed by atoms with Crippen LogP contribution >= 0.6 is 0 Å². The Labute approximate surface area is 121 Å².